The highest BCUT2D eigenvalue weighted by molar-refractivity contribution is 8.17. The number of aromatic nitrogens is 2. The van der Waals surface area contributed by atoms with Gasteiger partial charge < -0.3 is 20.2 Å². The van der Waals surface area contributed by atoms with Gasteiger partial charge in [0.15, 0.2) is 0 Å². The molecule has 0 aliphatic heterocycles. The monoisotopic (exact) mass is 553 g/mol. The number of hydrogen-bond acceptors (Lipinski definition) is 9. The molecule has 11 heteroatoms. The SMILES string of the molecule is CCc1ccc(Oc2ccc(P)cc2)c(C(=O)S/C(CCO)=C(/C)N(C=O)Cc2cnc(C)nc2NN)c1. The molecular formula is C27H32N5O4PS. The molecule has 0 spiro atoms. The molecule has 1 aromatic heterocycles. The van der Waals surface area contributed by atoms with Crippen LogP contribution in [0.2, 0.25) is 0 Å². The molecule has 0 aliphatic carbocycles. The fourth-order valence-electron chi connectivity index (χ4n) is 3.60. The molecule has 0 aliphatic rings. The van der Waals surface area contributed by atoms with E-state index in [4.69, 9.17) is 10.6 Å². The molecule has 1 heterocycles. The van der Waals surface area contributed by atoms with Crippen molar-refractivity contribution in [1.82, 2.24) is 14.9 Å². The molecule has 38 heavy (non-hydrogen) atoms. The third-order valence-corrected chi connectivity index (χ3v) is 7.29. The van der Waals surface area contributed by atoms with E-state index in [2.05, 4.69) is 24.6 Å². The second kappa shape index (κ2) is 14.0. The van der Waals surface area contributed by atoms with Crippen molar-refractivity contribution in [3.05, 3.63) is 81.8 Å². The van der Waals surface area contributed by atoms with E-state index in [0.29, 0.717) is 51.3 Å². The normalized spacial score (nSPS) is 11.5. The summed E-state index contributed by atoms with van der Waals surface area (Å²) in [5, 5.41) is 10.5. The second-order valence-corrected chi connectivity index (χ2v) is 10.1. The van der Waals surface area contributed by atoms with Gasteiger partial charge in [0, 0.05) is 35.4 Å². The van der Waals surface area contributed by atoms with E-state index < -0.39 is 0 Å². The Balaban J connectivity index is 1.92. The van der Waals surface area contributed by atoms with Crippen LogP contribution in [0, 0.1) is 6.92 Å². The van der Waals surface area contributed by atoms with E-state index in [1.807, 2.05) is 43.3 Å². The number of thioether (sulfide) groups is 1. The molecule has 2 aromatic carbocycles. The predicted molar refractivity (Wildman–Crippen MR) is 154 cm³/mol. The number of carbonyl (C=O) groups is 2. The van der Waals surface area contributed by atoms with Crippen LogP contribution in [0.25, 0.3) is 0 Å². The molecule has 3 aromatic rings. The van der Waals surface area contributed by atoms with Crippen molar-refractivity contribution in [1.29, 1.82) is 0 Å². The number of nitrogen functional groups attached to an aromatic ring is 1. The van der Waals surface area contributed by atoms with Crippen LogP contribution >= 0.6 is 21.0 Å². The van der Waals surface area contributed by atoms with Gasteiger partial charge in [-0.25, -0.2) is 15.8 Å². The Kier molecular flexibility index (Phi) is 10.8. The molecule has 200 valence electrons. The third-order valence-electron chi connectivity index (χ3n) is 5.76. The largest absolute Gasteiger partial charge is 0.457 e. The first-order valence-electron chi connectivity index (χ1n) is 12.0. The van der Waals surface area contributed by atoms with Crippen molar-refractivity contribution in [2.24, 2.45) is 5.84 Å². The number of allylic oxidation sites excluding steroid dienone is 1. The number of amides is 1. The summed E-state index contributed by atoms with van der Waals surface area (Å²) in [4.78, 5) is 36.1. The summed E-state index contributed by atoms with van der Waals surface area (Å²) in [7, 11) is 2.62. The molecule has 0 saturated carbocycles. The number of ether oxygens (including phenoxy) is 1. The molecule has 1 unspecified atom stereocenters. The highest BCUT2D eigenvalue weighted by atomic mass is 32.2. The van der Waals surface area contributed by atoms with Crippen molar-refractivity contribution in [3.8, 4) is 11.5 Å². The van der Waals surface area contributed by atoms with Crippen molar-refractivity contribution >= 4 is 43.6 Å². The van der Waals surface area contributed by atoms with Crippen LogP contribution in [0.1, 0.15) is 47.6 Å². The maximum Gasteiger partial charge on any atom is 0.227 e. The number of hydrogen-bond donors (Lipinski definition) is 3. The number of aliphatic hydroxyl groups is 1. The van der Waals surface area contributed by atoms with Crippen molar-refractivity contribution < 1.29 is 19.4 Å². The van der Waals surface area contributed by atoms with Gasteiger partial charge in [0.05, 0.1) is 12.1 Å². The topological polar surface area (TPSA) is 131 Å². The number of rotatable bonds is 12. The Morgan fingerprint density at radius 1 is 1.26 bits per heavy atom. The average Bonchev–Trinajstić information content (AvgIpc) is 2.93. The predicted octanol–water partition coefficient (Wildman–Crippen LogP) is 4.07. The van der Waals surface area contributed by atoms with Gasteiger partial charge in [-0.05, 0) is 67.2 Å². The van der Waals surface area contributed by atoms with Crippen LogP contribution in [0.4, 0.5) is 5.82 Å². The molecule has 0 radical (unpaired) electrons. The number of benzene rings is 2. The zero-order valence-corrected chi connectivity index (χ0v) is 23.6. The van der Waals surface area contributed by atoms with Crippen LogP contribution in [0.5, 0.6) is 11.5 Å². The molecule has 4 N–H and O–H groups in total. The second-order valence-electron chi connectivity index (χ2n) is 8.40. The fourth-order valence-corrected chi connectivity index (χ4v) is 4.74. The fraction of sp³-hybridized carbons (Fsp3) is 0.259. The lowest BCUT2D eigenvalue weighted by Crippen LogP contribution is -2.23. The zero-order valence-electron chi connectivity index (χ0n) is 21.6. The lowest BCUT2D eigenvalue weighted by molar-refractivity contribution is -0.116. The smallest absolute Gasteiger partial charge is 0.227 e. The molecule has 3 rings (SSSR count). The Morgan fingerprint density at radius 2 is 2.00 bits per heavy atom. The quantitative estimate of drug-likeness (QED) is 0.131. The number of hydrazine groups is 1. The van der Waals surface area contributed by atoms with Crippen LogP contribution in [-0.4, -0.2) is 38.1 Å². The average molecular weight is 554 g/mol. The lowest BCUT2D eigenvalue weighted by Gasteiger charge is -2.22. The summed E-state index contributed by atoms with van der Waals surface area (Å²) < 4.78 is 6.06. The van der Waals surface area contributed by atoms with Crippen molar-refractivity contribution in [2.45, 2.75) is 40.2 Å². The zero-order chi connectivity index (χ0) is 27.7. The minimum atomic E-state index is -0.255. The number of nitrogens with zero attached hydrogens (tertiary/aromatic N) is 3. The Labute approximate surface area is 229 Å². The maximum atomic E-state index is 13.6. The highest BCUT2D eigenvalue weighted by Gasteiger charge is 2.21. The molecule has 1 atom stereocenters. The highest BCUT2D eigenvalue weighted by Crippen LogP contribution is 2.34. The Morgan fingerprint density at radius 3 is 2.63 bits per heavy atom. The van der Waals surface area contributed by atoms with Crippen LogP contribution in [0.3, 0.4) is 0 Å². The van der Waals surface area contributed by atoms with Gasteiger partial charge in [0.2, 0.25) is 11.5 Å². The molecule has 1 amide bonds. The number of aryl methyl sites for hydroxylation is 2. The van der Waals surface area contributed by atoms with Gasteiger partial charge in [-0.15, -0.1) is 9.24 Å². The molecule has 0 fully saturated rings. The Hall–Kier alpha value is -3.30. The molecule has 0 bridgehead atoms. The summed E-state index contributed by atoms with van der Waals surface area (Å²) in [5.74, 6) is 7.57. The number of aliphatic hydroxyl groups excluding tert-OH is 1. The summed E-state index contributed by atoms with van der Waals surface area (Å²) in [6.07, 6.45) is 3.20. The number of nitrogens with one attached hydrogen (secondary N) is 1. The first-order valence-corrected chi connectivity index (χ1v) is 13.4. The number of carbonyl (C=O) groups excluding carboxylic acids is 2. The number of nitrogens with two attached hydrogens (primary N) is 1. The van der Waals surface area contributed by atoms with E-state index in [9.17, 15) is 14.7 Å². The van der Waals surface area contributed by atoms with Gasteiger partial charge in [-0.3, -0.25) is 9.59 Å². The minimum absolute atomic E-state index is 0.129. The van der Waals surface area contributed by atoms with Gasteiger partial charge in [-0.1, -0.05) is 25.1 Å². The van der Waals surface area contributed by atoms with E-state index >= 15 is 0 Å². The van der Waals surface area contributed by atoms with Gasteiger partial charge in [0.25, 0.3) is 0 Å². The van der Waals surface area contributed by atoms with E-state index in [0.717, 1.165) is 29.1 Å². The van der Waals surface area contributed by atoms with Crippen LogP contribution in [0.15, 0.2) is 59.3 Å². The summed E-state index contributed by atoms with van der Waals surface area (Å²) >= 11 is 0.969. The number of anilines is 1. The minimum Gasteiger partial charge on any atom is -0.457 e. The Bertz CT molecular complexity index is 1320. The molecule has 9 nitrogen and oxygen atoms in total. The van der Waals surface area contributed by atoms with Crippen molar-refractivity contribution in [2.75, 3.05) is 12.0 Å². The first kappa shape index (κ1) is 29.3. The summed E-state index contributed by atoms with van der Waals surface area (Å²) in [6.45, 7) is 5.41. The van der Waals surface area contributed by atoms with E-state index in [1.54, 1.807) is 26.1 Å². The van der Waals surface area contributed by atoms with E-state index in [-0.39, 0.29) is 24.7 Å². The third kappa shape index (κ3) is 7.61. The first-order chi connectivity index (χ1) is 18.3. The standard InChI is InChI=1S/C27H32N5O4PS/c1-4-19-5-10-24(36-21-6-8-22(37)9-7-21)23(13-19)27(35)38-25(11-12-33)17(2)32(16-34)15-20-14-29-18(3)30-26(20)31-28/h5-10,13-14,16,33H,4,11-12,15,28,37H2,1-3H3,(H,29,30,31)/b25-17-. The van der Waals surface area contributed by atoms with Crippen LogP contribution in [-0.2, 0) is 17.8 Å². The van der Waals surface area contributed by atoms with E-state index in [1.165, 1.54) is 4.90 Å². The van der Waals surface area contributed by atoms with Gasteiger partial charge in [-0.2, -0.15) is 0 Å². The van der Waals surface area contributed by atoms with Crippen molar-refractivity contribution in [3.63, 3.8) is 0 Å². The maximum absolute atomic E-state index is 13.6. The van der Waals surface area contributed by atoms with Crippen LogP contribution < -0.4 is 21.3 Å². The summed E-state index contributed by atoms with van der Waals surface area (Å²) in [6, 6.07) is 13.0. The van der Waals surface area contributed by atoms with Gasteiger partial charge in [0.1, 0.15) is 23.1 Å². The summed E-state index contributed by atoms with van der Waals surface area (Å²) in [5.41, 5.74) is 5.06. The lowest BCUT2D eigenvalue weighted by atomic mass is 10.1. The molecular weight excluding hydrogens is 521 g/mol. The molecule has 0 saturated heterocycles. The van der Waals surface area contributed by atoms with Gasteiger partial charge >= 0.3 is 0 Å².